The minimum atomic E-state index is -0.204. The molecule has 158 valence electrons. The van der Waals surface area contributed by atoms with Crippen molar-refractivity contribution in [1.82, 2.24) is 15.5 Å². The number of halogens is 2. The van der Waals surface area contributed by atoms with Gasteiger partial charge in [-0.15, -0.1) is 35.7 Å². The Balaban J connectivity index is 0.00000392. The van der Waals surface area contributed by atoms with Crippen LogP contribution in [0.5, 0.6) is 0 Å². The van der Waals surface area contributed by atoms with Crippen molar-refractivity contribution in [3.63, 3.8) is 0 Å². The Bertz CT molecular complexity index is 615. The number of hydrogen-bond donors (Lipinski definition) is 2. The summed E-state index contributed by atoms with van der Waals surface area (Å²) in [6, 6.07) is 6.57. The summed E-state index contributed by atoms with van der Waals surface area (Å²) in [7, 11) is 1.73. The second-order valence-corrected chi connectivity index (χ2v) is 8.09. The molecule has 0 bridgehead atoms. The first-order chi connectivity index (χ1) is 13.1. The van der Waals surface area contributed by atoms with Crippen LogP contribution in [0.1, 0.15) is 32.6 Å². The van der Waals surface area contributed by atoms with Crippen LogP contribution < -0.4 is 10.6 Å². The van der Waals surface area contributed by atoms with Gasteiger partial charge in [0.1, 0.15) is 5.82 Å². The number of rotatable bonds is 8. The molecule has 28 heavy (non-hydrogen) atoms. The van der Waals surface area contributed by atoms with Crippen molar-refractivity contribution in [2.75, 3.05) is 39.0 Å². The summed E-state index contributed by atoms with van der Waals surface area (Å²) in [4.78, 5) is 19.5. The highest BCUT2D eigenvalue weighted by molar-refractivity contribution is 14.0. The van der Waals surface area contributed by atoms with E-state index >= 15 is 0 Å². The minimum absolute atomic E-state index is 0. The Morgan fingerprint density at radius 1 is 1.29 bits per heavy atom. The number of likely N-dealkylation sites (tertiary alicyclic amines) is 1. The molecule has 8 heteroatoms. The maximum Gasteiger partial charge on any atom is 0.224 e. The molecule has 1 atom stereocenters. The molecular formula is C20H32FIN4OS. The summed E-state index contributed by atoms with van der Waals surface area (Å²) in [6.45, 7) is 5.37. The number of piperidine rings is 1. The third-order valence-corrected chi connectivity index (χ3v) is 5.66. The summed E-state index contributed by atoms with van der Waals surface area (Å²) in [5, 5.41) is 6.47. The normalized spacial score (nSPS) is 17.0. The van der Waals surface area contributed by atoms with E-state index in [1.807, 2.05) is 4.90 Å². The van der Waals surface area contributed by atoms with E-state index in [4.69, 9.17) is 0 Å². The number of hydrogen-bond acceptors (Lipinski definition) is 3. The molecule has 1 aromatic rings. The zero-order valence-electron chi connectivity index (χ0n) is 16.7. The first-order valence-electron chi connectivity index (χ1n) is 9.69. The Hall–Kier alpha value is -1.03. The standard InChI is InChI=1S/C20H31FN4OS.HI/c1-16-5-3-13-25(15-16)19(26)10-12-24-20(22-2)23-11-4-14-27-18-8-6-17(21)7-9-18;/h6-9,16H,3-5,10-15H2,1-2H3,(H2,22,23,24);1H. The summed E-state index contributed by atoms with van der Waals surface area (Å²) in [5.74, 6) is 2.30. The van der Waals surface area contributed by atoms with Gasteiger partial charge in [0.2, 0.25) is 5.91 Å². The zero-order chi connectivity index (χ0) is 19.5. The van der Waals surface area contributed by atoms with Crippen molar-refractivity contribution < 1.29 is 9.18 Å². The van der Waals surface area contributed by atoms with Crippen molar-refractivity contribution in [3.05, 3.63) is 30.1 Å². The molecule has 0 radical (unpaired) electrons. The molecule has 0 aliphatic carbocycles. The molecule has 1 heterocycles. The highest BCUT2D eigenvalue weighted by atomic mass is 127. The molecule has 1 fully saturated rings. The Kier molecular flexibility index (Phi) is 12.5. The average molecular weight is 522 g/mol. The lowest BCUT2D eigenvalue weighted by Gasteiger charge is -2.31. The molecule has 1 amide bonds. The van der Waals surface area contributed by atoms with Gasteiger partial charge in [-0.3, -0.25) is 9.79 Å². The Morgan fingerprint density at radius 2 is 2.00 bits per heavy atom. The lowest BCUT2D eigenvalue weighted by Crippen LogP contribution is -2.42. The smallest absolute Gasteiger partial charge is 0.224 e. The van der Waals surface area contributed by atoms with E-state index in [1.165, 1.54) is 18.6 Å². The summed E-state index contributed by atoms with van der Waals surface area (Å²) in [6.07, 6.45) is 3.79. The molecule has 0 aromatic heterocycles. The van der Waals surface area contributed by atoms with Crippen molar-refractivity contribution in [1.29, 1.82) is 0 Å². The topological polar surface area (TPSA) is 56.7 Å². The van der Waals surface area contributed by atoms with Gasteiger partial charge in [0.25, 0.3) is 0 Å². The van der Waals surface area contributed by atoms with Gasteiger partial charge in [0, 0.05) is 44.5 Å². The fraction of sp³-hybridized carbons (Fsp3) is 0.600. The van der Waals surface area contributed by atoms with E-state index in [0.29, 0.717) is 18.9 Å². The van der Waals surface area contributed by atoms with Crippen LogP contribution in [0.3, 0.4) is 0 Å². The lowest BCUT2D eigenvalue weighted by atomic mass is 10.00. The van der Waals surface area contributed by atoms with Crippen LogP contribution in [-0.4, -0.2) is 55.7 Å². The van der Waals surface area contributed by atoms with Crippen LogP contribution in [-0.2, 0) is 4.79 Å². The van der Waals surface area contributed by atoms with Crippen LogP contribution in [0.25, 0.3) is 0 Å². The molecule has 0 spiro atoms. The summed E-state index contributed by atoms with van der Waals surface area (Å²) in [5.41, 5.74) is 0. The van der Waals surface area contributed by atoms with E-state index in [-0.39, 0.29) is 35.7 Å². The van der Waals surface area contributed by atoms with Gasteiger partial charge < -0.3 is 15.5 Å². The third kappa shape index (κ3) is 9.45. The van der Waals surface area contributed by atoms with Gasteiger partial charge in [0.15, 0.2) is 5.96 Å². The van der Waals surface area contributed by atoms with Crippen molar-refractivity contribution in [3.8, 4) is 0 Å². The van der Waals surface area contributed by atoms with Crippen LogP contribution in [0.4, 0.5) is 4.39 Å². The van der Waals surface area contributed by atoms with E-state index in [9.17, 15) is 9.18 Å². The van der Waals surface area contributed by atoms with Gasteiger partial charge in [-0.2, -0.15) is 0 Å². The van der Waals surface area contributed by atoms with Crippen molar-refractivity contribution >= 4 is 47.6 Å². The second-order valence-electron chi connectivity index (χ2n) is 6.92. The Morgan fingerprint density at radius 3 is 2.68 bits per heavy atom. The van der Waals surface area contributed by atoms with Gasteiger partial charge in [-0.05, 0) is 55.2 Å². The first-order valence-corrected chi connectivity index (χ1v) is 10.7. The molecule has 2 N–H and O–H groups in total. The summed E-state index contributed by atoms with van der Waals surface area (Å²) < 4.78 is 12.9. The highest BCUT2D eigenvalue weighted by Crippen LogP contribution is 2.18. The van der Waals surface area contributed by atoms with Crippen molar-refractivity contribution in [2.45, 2.75) is 37.5 Å². The molecule has 1 saturated heterocycles. The van der Waals surface area contributed by atoms with Crippen LogP contribution in [0, 0.1) is 11.7 Å². The van der Waals surface area contributed by atoms with E-state index in [1.54, 1.807) is 30.9 Å². The number of benzene rings is 1. The van der Waals surface area contributed by atoms with Gasteiger partial charge in [-0.1, -0.05) is 6.92 Å². The first kappa shape index (κ1) is 25.0. The minimum Gasteiger partial charge on any atom is -0.356 e. The van der Waals surface area contributed by atoms with E-state index in [0.717, 1.165) is 49.1 Å². The maximum atomic E-state index is 12.9. The molecule has 1 unspecified atom stereocenters. The molecular weight excluding hydrogens is 490 g/mol. The van der Waals surface area contributed by atoms with E-state index < -0.39 is 0 Å². The molecule has 1 aliphatic heterocycles. The quantitative estimate of drug-likeness (QED) is 0.180. The fourth-order valence-electron chi connectivity index (χ4n) is 3.08. The number of carbonyl (C=O) groups excluding carboxylic acids is 1. The molecule has 0 saturated carbocycles. The number of amides is 1. The second kappa shape index (κ2) is 14.0. The van der Waals surface area contributed by atoms with Gasteiger partial charge in [0.05, 0.1) is 0 Å². The third-order valence-electron chi connectivity index (χ3n) is 4.56. The molecule has 1 aliphatic rings. The number of guanidine groups is 1. The predicted octanol–water partition coefficient (Wildman–Crippen LogP) is 3.74. The van der Waals surface area contributed by atoms with Crippen LogP contribution >= 0.6 is 35.7 Å². The number of nitrogens with zero attached hydrogens (tertiary/aromatic N) is 2. The van der Waals surface area contributed by atoms with Crippen LogP contribution in [0.2, 0.25) is 0 Å². The maximum absolute atomic E-state index is 12.9. The Labute approximate surface area is 189 Å². The van der Waals surface area contributed by atoms with Crippen molar-refractivity contribution in [2.24, 2.45) is 10.9 Å². The number of thioether (sulfide) groups is 1. The average Bonchev–Trinajstić information content (AvgIpc) is 2.67. The van der Waals surface area contributed by atoms with Gasteiger partial charge >= 0.3 is 0 Å². The lowest BCUT2D eigenvalue weighted by molar-refractivity contribution is -0.132. The molecule has 5 nitrogen and oxygen atoms in total. The highest BCUT2D eigenvalue weighted by Gasteiger charge is 2.20. The largest absolute Gasteiger partial charge is 0.356 e. The number of carbonyl (C=O) groups is 1. The zero-order valence-corrected chi connectivity index (χ0v) is 19.9. The van der Waals surface area contributed by atoms with E-state index in [2.05, 4.69) is 22.5 Å². The molecule has 1 aromatic carbocycles. The SMILES string of the molecule is CN=C(NCCCSc1ccc(F)cc1)NCCC(=O)N1CCCC(C)C1.I. The monoisotopic (exact) mass is 522 g/mol. The predicted molar refractivity (Wildman–Crippen MR) is 126 cm³/mol. The van der Waals surface area contributed by atoms with Gasteiger partial charge in [-0.25, -0.2) is 4.39 Å². The number of nitrogens with one attached hydrogen (secondary N) is 2. The number of aliphatic imine (C=N–C) groups is 1. The fourth-order valence-corrected chi connectivity index (χ4v) is 3.94. The molecule has 2 rings (SSSR count). The van der Waals surface area contributed by atoms with Crippen LogP contribution in [0.15, 0.2) is 34.2 Å². The summed E-state index contributed by atoms with van der Waals surface area (Å²) >= 11 is 1.71.